The lowest BCUT2D eigenvalue weighted by Gasteiger charge is -2.29. The zero-order valence-electron chi connectivity index (χ0n) is 13.9. The maximum Gasteiger partial charge on any atom is 0.316 e. The molecule has 132 valence electrons. The van der Waals surface area contributed by atoms with Crippen molar-refractivity contribution in [1.82, 2.24) is 15.6 Å². The van der Waals surface area contributed by atoms with Crippen LogP contribution in [0.15, 0.2) is 48.8 Å². The number of rotatable bonds is 5. The summed E-state index contributed by atoms with van der Waals surface area (Å²) in [6.07, 6.45) is 6.83. The van der Waals surface area contributed by atoms with Crippen molar-refractivity contribution in [3.63, 3.8) is 0 Å². The minimum Gasteiger partial charge on any atom is -0.394 e. The van der Waals surface area contributed by atoms with Gasteiger partial charge in [0.2, 0.25) is 0 Å². The summed E-state index contributed by atoms with van der Waals surface area (Å²) in [5, 5.41) is 15.5. The number of nitrogens with one attached hydrogen (secondary N) is 2. The number of aromatic nitrogens is 1. The molecule has 1 aliphatic rings. The van der Waals surface area contributed by atoms with Crippen LogP contribution in [0.2, 0.25) is 0 Å². The molecule has 0 aliphatic heterocycles. The Balaban J connectivity index is 1.80. The molecule has 0 radical (unpaired) electrons. The van der Waals surface area contributed by atoms with Crippen molar-refractivity contribution in [2.45, 2.75) is 37.3 Å². The monoisotopic (exact) mass is 343 g/mol. The first-order valence-corrected chi connectivity index (χ1v) is 8.47. The van der Waals surface area contributed by atoms with Crippen LogP contribution in [0.4, 0.5) is 9.18 Å². The number of carbonyl (C=O) groups excluding carboxylic acids is 1. The Bertz CT molecular complexity index is 700. The van der Waals surface area contributed by atoms with Gasteiger partial charge in [0.1, 0.15) is 5.82 Å². The molecule has 0 bridgehead atoms. The molecule has 5 nitrogen and oxygen atoms in total. The summed E-state index contributed by atoms with van der Waals surface area (Å²) < 4.78 is 13.2. The number of urea groups is 1. The number of hydrogen-bond donors (Lipinski definition) is 3. The van der Waals surface area contributed by atoms with Crippen LogP contribution in [0.1, 0.15) is 42.9 Å². The van der Waals surface area contributed by atoms with Gasteiger partial charge in [0.25, 0.3) is 0 Å². The van der Waals surface area contributed by atoms with Gasteiger partial charge in [-0.3, -0.25) is 4.98 Å². The highest BCUT2D eigenvalue weighted by Crippen LogP contribution is 2.29. The fourth-order valence-corrected chi connectivity index (χ4v) is 3.35. The Hall–Kier alpha value is -2.47. The van der Waals surface area contributed by atoms with Crippen molar-refractivity contribution < 1.29 is 14.3 Å². The summed E-state index contributed by atoms with van der Waals surface area (Å²) in [7, 11) is 0. The topological polar surface area (TPSA) is 74.2 Å². The van der Waals surface area contributed by atoms with Crippen LogP contribution in [0.3, 0.4) is 0 Å². The lowest BCUT2D eigenvalue weighted by Crippen LogP contribution is -2.53. The molecule has 1 aliphatic carbocycles. The summed E-state index contributed by atoms with van der Waals surface area (Å²) >= 11 is 0. The first-order chi connectivity index (χ1) is 12.1. The van der Waals surface area contributed by atoms with Crippen molar-refractivity contribution in [3.05, 3.63) is 65.7 Å². The van der Waals surface area contributed by atoms with E-state index in [4.69, 9.17) is 0 Å². The first kappa shape index (κ1) is 17.4. The summed E-state index contributed by atoms with van der Waals surface area (Å²) in [5.74, 6) is -0.327. The van der Waals surface area contributed by atoms with Crippen molar-refractivity contribution in [1.29, 1.82) is 0 Å². The predicted molar refractivity (Wildman–Crippen MR) is 92.4 cm³/mol. The zero-order valence-corrected chi connectivity index (χ0v) is 13.9. The highest BCUT2D eigenvalue weighted by atomic mass is 19.1. The number of benzene rings is 1. The molecule has 3 rings (SSSR count). The Kier molecular flexibility index (Phi) is 5.28. The van der Waals surface area contributed by atoms with Crippen LogP contribution in [-0.2, 0) is 0 Å². The minimum absolute atomic E-state index is 0.0725. The van der Waals surface area contributed by atoms with Gasteiger partial charge >= 0.3 is 6.03 Å². The van der Waals surface area contributed by atoms with E-state index in [1.165, 1.54) is 12.1 Å². The fourth-order valence-electron chi connectivity index (χ4n) is 3.35. The van der Waals surface area contributed by atoms with Gasteiger partial charge in [-0.25, -0.2) is 9.18 Å². The van der Waals surface area contributed by atoms with Crippen LogP contribution in [0, 0.1) is 5.82 Å². The van der Waals surface area contributed by atoms with E-state index in [0.717, 1.165) is 36.8 Å². The molecular formula is C19H22FN3O2. The molecule has 2 amide bonds. The molecule has 1 fully saturated rings. The summed E-state index contributed by atoms with van der Waals surface area (Å²) in [6.45, 7) is -0.0725. The van der Waals surface area contributed by atoms with Gasteiger partial charge in [-0.1, -0.05) is 25.0 Å². The summed E-state index contributed by atoms with van der Waals surface area (Å²) in [4.78, 5) is 16.6. The quantitative estimate of drug-likeness (QED) is 0.781. The smallest absolute Gasteiger partial charge is 0.316 e. The van der Waals surface area contributed by atoms with Crippen molar-refractivity contribution >= 4 is 6.03 Å². The Morgan fingerprint density at radius 3 is 2.32 bits per heavy atom. The summed E-state index contributed by atoms with van der Waals surface area (Å²) in [5.41, 5.74) is 1.07. The van der Waals surface area contributed by atoms with Crippen LogP contribution in [-0.4, -0.2) is 28.3 Å². The molecule has 1 aromatic carbocycles. The standard InChI is InChI=1S/C19H22FN3O2/c20-16-5-3-14(4-6-16)17(15-7-11-21-12-8-15)22-18(25)23-19(13-24)9-1-2-10-19/h3-8,11-12,17,24H,1-2,9-10,13H2,(H2,22,23,25)/t17-/m1/s1. The maximum absolute atomic E-state index is 13.2. The Labute approximate surface area is 146 Å². The molecule has 0 spiro atoms. The van der Waals surface area contributed by atoms with Crippen LogP contribution >= 0.6 is 0 Å². The Morgan fingerprint density at radius 1 is 1.12 bits per heavy atom. The summed E-state index contributed by atoms with van der Waals surface area (Å²) in [6, 6.07) is 8.89. The second-order valence-corrected chi connectivity index (χ2v) is 6.51. The number of aliphatic hydroxyl groups excluding tert-OH is 1. The van der Waals surface area contributed by atoms with E-state index in [1.807, 2.05) is 12.1 Å². The molecule has 2 aromatic rings. The molecule has 1 saturated carbocycles. The highest BCUT2D eigenvalue weighted by Gasteiger charge is 2.35. The van der Waals surface area contributed by atoms with E-state index >= 15 is 0 Å². The van der Waals surface area contributed by atoms with Gasteiger partial charge in [-0.2, -0.15) is 0 Å². The van der Waals surface area contributed by atoms with Crippen LogP contribution in [0.25, 0.3) is 0 Å². The van der Waals surface area contributed by atoms with Crippen LogP contribution in [0.5, 0.6) is 0 Å². The van der Waals surface area contributed by atoms with E-state index in [-0.39, 0.29) is 18.5 Å². The third kappa shape index (κ3) is 4.14. The van der Waals surface area contributed by atoms with E-state index < -0.39 is 11.6 Å². The van der Waals surface area contributed by atoms with Gasteiger partial charge in [-0.15, -0.1) is 0 Å². The maximum atomic E-state index is 13.2. The van der Waals surface area contributed by atoms with Gasteiger partial charge in [0.05, 0.1) is 18.2 Å². The number of carbonyl (C=O) groups is 1. The largest absolute Gasteiger partial charge is 0.394 e. The van der Waals surface area contributed by atoms with Gasteiger partial charge in [0.15, 0.2) is 0 Å². The molecule has 0 saturated heterocycles. The normalized spacial score (nSPS) is 17.0. The Morgan fingerprint density at radius 2 is 1.72 bits per heavy atom. The lowest BCUT2D eigenvalue weighted by atomic mass is 9.98. The van der Waals surface area contributed by atoms with E-state index in [2.05, 4.69) is 15.6 Å². The van der Waals surface area contributed by atoms with Gasteiger partial charge in [-0.05, 0) is 48.2 Å². The molecule has 0 unspecified atom stereocenters. The minimum atomic E-state index is -0.546. The van der Waals surface area contributed by atoms with Gasteiger partial charge < -0.3 is 15.7 Å². The van der Waals surface area contributed by atoms with Crippen molar-refractivity contribution in [3.8, 4) is 0 Å². The number of pyridine rings is 1. The van der Waals surface area contributed by atoms with Crippen LogP contribution < -0.4 is 10.6 Å². The zero-order chi connectivity index (χ0) is 17.7. The van der Waals surface area contributed by atoms with Crippen molar-refractivity contribution in [2.24, 2.45) is 0 Å². The third-order valence-corrected chi connectivity index (χ3v) is 4.76. The average molecular weight is 343 g/mol. The van der Waals surface area contributed by atoms with E-state index in [0.29, 0.717) is 0 Å². The third-order valence-electron chi connectivity index (χ3n) is 4.76. The molecule has 6 heteroatoms. The molecule has 25 heavy (non-hydrogen) atoms. The number of aliphatic hydroxyl groups is 1. The SMILES string of the molecule is O=C(N[C@@H](c1ccncc1)c1ccc(F)cc1)NC1(CO)CCCC1. The number of amides is 2. The highest BCUT2D eigenvalue weighted by molar-refractivity contribution is 5.76. The second-order valence-electron chi connectivity index (χ2n) is 6.51. The lowest BCUT2D eigenvalue weighted by molar-refractivity contribution is 0.162. The molecule has 1 atom stereocenters. The van der Waals surface area contributed by atoms with Crippen molar-refractivity contribution in [2.75, 3.05) is 6.61 Å². The van der Waals surface area contributed by atoms with E-state index in [9.17, 15) is 14.3 Å². The molecular weight excluding hydrogens is 321 g/mol. The molecule has 1 aromatic heterocycles. The number of halogens is 1. The number of hydrogen-bond acceptors (Lipinski definition) is 3. The average Bonchev–Trinajstić information content (AvgIpc) is 3.10. The number of nitrogens with zero attached hydrogens (tertiary/aromatic N) is 1. The van der Waals surface area contributed by atoms with Gasteiger partial charge in [0, 0.05) is 12.4 Å². The predicted octanol–water partition coefficient (Wildman–Crippen LogP) is 2.91. The van der Waals surface area contributed by atoms with E-state index in [1.54, 1.807) is 24.5 Å². The second kappa shape index (κ2) is 7.61. The first-order valence-electron chi connectivity index (χ1n) is 8.47. The molecule has 1 heterocycles. The fraction of sp³-hybridized carbons (Fsp3) is 0.368. The molecule has 3 N–H and O–H groups in total.